The van der Waals surface area contributed by atoms with Crippen LogP contribution in [0.15, 0.2) is 60.8 Å². The average Bonchev–Trinajstić information content (AvgIpc) is 3.39. The molecule has 4 aliphatic heterocycles. The molecule has 3 aliphatic carbocycles. The maximum Gasteiger partial charge on any atom is 0.260 e. The number of hydrogen-bond acceptors (Lipinski definition) is 4. The summed E-state index contributed by atoms with van der Waals surface area (Å²) < 4.78 is 13.4. The van der Waals surface area contributed by atoms with E-state index in [4.69, 9.17) is 9.47 Å². The number of hydrogen-bond donors (Lipinski definition) is 1. The minimum atomic E-state index is -1.36. The zero-order chi connectivity index (χ0) is 27.0. The molecule has 0 aromatic heterocycles. The zero-order valence-corrected chi connectivity index (χ0v) is 23.2. The third-order valence-electron chi connectivity index (χ3n) is 11.5. The van der Waals surface area contributed by atoms with Crippen molar-refractivity contribution in [2.24, 2.45) is 46.3 Å². The number of epoxide rings is 1. The van der Waals surface area contributed by atoms with Crippen molar-refractivity contribution in [3.8, 4) is 5.75 Å². The first-order valence-electron chi connectivity index (χ1n) is 14.3. The first kappa shape index (κ1) is 24.4. The quantitative estimate of drug-likeness (QED) is 0.403. The van der Waals surface area contributed by atoms with Crippen molar-refractivity contribution in [3.63, 3.8) is 0 Å². The molecule has 1 aromatic carbocycles. The highest BCUT2D eigenvalue weighted by atomic mass is 16.6. The molecule has 1 aromatic rings. The molecule has 4 heterocycles. The van der Waals surface area contributed by atoms with Gasteiger partial charge < -0.3 is 14.8 Å². The number of ether oxygens (including phenoxy) is 2. The molecule has 38 heavy (non-hydrogen) atoms. The normalized spacial score (nSPS) is 50.3. The van der Waals surface area contributed by atoms with Crippen molar-refractivity contribution < 1.29 is 19.1 Å². The van der Waals surface area contributed by atoms with Gasteiger partial charge in [-0.25, -0.2) is 0 Å². The summed E-state index contributed by atoms with van der Waals surface area (Å²) in [5.74, 6) is 1.55. The lowest BCUT2D eigenvalue weighted by Gasteiger charge is -2.50. The average molecular weight is 514 g/mol. The minimum Gasteiger partial charge on any atom is -0.490 e. The fourth-order valence-corrected chi connectivity index (χ4v) is 10.5. The van der Waals surface area contributed by atoms with Crippen LogP contribution in [0.1, 0.15) is 53.0 Å². The Bertz CT molecular complexity index is 1330. The van der Waals surface area contributed by atoms with Crippen LogP contribution in [-0.2, 0) is 20.7 Å². The van der Waals surface area contributed by atoms with Crippen LogP contribution in [0.5, 0.6) is 5.75 Å². The SMILES string of the molecule is C=CC1(C)C=C(C)C2C3C(Oc4ccc(cc4)CC45OC4(C(=C)NC5=O)C(=O)C31)C1C(C)CC(C)CC21C. The number of Topliss-reactive ketones (excluding diaryl/α,β-unsaturated/α-hetero) is 1. The largest absolute Gasteiger partial charge is 0.490 e. The van der Waals surface area contributed by atoms with E-state index in [9.17, 15) is 4.79 Å². The van der Waals surface area contributed by atoms with Gasteiger partial charge in [0.25, 0.3) is 5.91 Å². The van der Waals surface area contributed by atoms with Gasteiger partial charge in [-0.15, -0.1) is 6.58 Å². The van der Waals surface area contributed by atoms with Crippen LogP contribution in [0, 0.1) is 46.3 Å². The van der Waals surface area contributed by atoms with Crippen LogP contribution < -0.4 is 10.1 Å². The summed E-state index contributed by atoms with van der Waals surface area (Å²) in [6.07, 6.45) is 6.66. The van der Waals surface area contributed by atoms with Crippen LogP contribution in [-0.4, -0.2) is 29.0 Å². The van der Waals surface area contributed by atoms with Crippen molar-refractivity contribution in [2.75, 3.05) is 0 Å². The molecule has 2 saturated heterocycles. The molecular formula is C33H39NO4. The molecule has 8 rings (SSSR count). The number of carbonyl (C=O) groups is 2. The van der Waals surface area contributed by atoms with E-state index in [0.717, 1.165) is 24.2 Å². The number of nitrogens with one attached hydrogen (secondary N) is 1. The first-order chi connectivity index (χ1) is 17.9. The Balaban J connectivity index is 1.50. The molecular weight excluding hydrogens is 474 g/mol. The monoisotopic (exact) mass is 513 g/mol. The molecule has 0 spiro atoms. The van der Waals surface area contributed by atoms with E-state index >= 15 is 4.79 Å². The van der Waals surface area contributed by atoms with Crippen molar-refractivity contribution in [1.82, 2.24) is 5.32 Å². The summed E-state index contributed by atoms with van der Waals surface area (Å²) in [7, 11) is 0. The van der Waals surface area contributed by atoms with Gasteiger partial charge in [0.05, 0.1) is 5.70 Å². The van der Waals surface area contributed by atoms with E-state index in [0.29, 0.717) is 29.9 Å². The second kappa shape index (κ2) is 7.29. The van der Waals surface area contributed by atoms with Crippen LogP contribution in [0.4, 0.5) is 0 Å². The summed E-state index contributed by atoms with van der Waals surface area (Å²) in [4.78, 5) is 28.5. The maximum atomic E-state index is 15.1. The van der Waals surface area contributed by atoms with E-state index in [1.807, 2.05) is 30.3 Å². The Labute approximate surface area is 225 Å². The smallest absolute Gasteiger partial charge is 0.260 e. The Kier molecular flexibility index (Phi) is 4.68. The summed E-state index contributed by atoms with van der Waals surface area (Å²) in [6.45, 7) is 19.9. The highest BCUT2D eigenvalue weighted by molar-refractivity contribution is 6.12. The van der Waals surface area contributed by atoms with Gasteiger partial charge in [-0.05, 0) is 60.6 Å². The molecule has 11 unspecified atom stereocenters. The van der Waals surface area contributed by atoms with Gasteiger partial charge in [0.15, 0.2) is 11.4 Å². The molecule has 4 fully saturated rings. The Morgan fingerprint density at radius 2 is 1.82 bits per heavy atom. The van der Waals surface area contributed by atoms with Crippen LogP contribution >= 0.6 is 0 Å². The van der Waals surface area contributed by atoms with E-state index in [1.54, 1.807) is 0 Å². The molecule has 7 aliphatic rings. The summed E-state index contributed by atoms with van der Waals surface area (Å²) in [5, 5.41) is 2.89. The van der Waals surface area contributed by atoms with Crippen molar-refractivity contribution in [2.45, 2.75) is 71.2 Å². The van der Waals surface area contributed by atoms with E-state index in [-0.39, 0.29) is 35.0 Å². The lowest BCUT2D eigenvalue weighted by molar-refractivity contribution is -0.134. The van der Waals surface area contributed by atoms with E-state index in [1.165, 1.54) is 5.57 Å². The fourth-order valence-electron chi connectivity index (χ4n) is 10.5. The number of ketones is 1. The second-order valence-corrected chi connectivity index (χ2v) is 13.9. The summed E-state index contributed by atoms with van der Waals surface area (Å²) >= 11 is 0. The predicted molar refractivity (Wildman–Crippen MR) is 145 cm³/mol. The van der Waals surface area contributed by atoms with Gasteiger partial charge in [0, 0.05) is 29.6 Å². The fraction of sp³-hybridized carbons (Fsp3) is 0.576. The van der Waals surface area contributed by atoms with Gasteiger partial charge in [0.1, 0.15) is 11.9 Å². The Morgan fingerprint density at radius 1 is 1.11 bits per heavy atom. The maximum absolute atomic E-state index is 15.1. The van der Waals surface area contributed by atoms with Crippen molar-refractivity contribution in [3.05, 3.63) is 66.4 Å². The first-order valence-corrected chi connectivity index (χ1v) is 14.3. The third-order valence-corrected chi connectivity index (χ3v) is 11.5. The van der Waals surface area contributed by atoms with Crippen LogP contribution in [0.2, 0.25) is 0 Å². The van der Waals surface area contributed by atoms with Gasteiger partial charge in [0.2, 0.25) is 5.60 Å². The van der Waals surface area contributed by atoms with Gasteiger partial charge in [-0.3, -0.25) is 9.59 Å². The highest BCUT2D eigenvalue weighted by Crippen LogP contribution is 2.70. The molecule has 5 nitrogen and oxygen atoms in total. The number of allylic oxidation sites excluding steroid dienone is 3. The number of fused-ring (bicyclic) bond motifs is 4. The highest BCUT2D eigenvalue weighted by Gasteiger charge is 2.85. The summed E-state index contributed by atoms with van der Waals surface area (Å²) in [6, 6.07) is 8.06. The number of amides is 1. The number of morpholine rings is 1. The standard InChI is InChI=1S/C33H39NO4/c1-8-30(6)15-19(4)24-23-26(30)28(35)33-20(5)34-29(36)32(33,38-33)16-21-9-11-22(12-10-21)37-27(23)25-18(3)13-17(2)14-31(24,25)7/h8-12,15,17-18,23-27H,1,5,13-14,16H2,2-4,6-7H3,(H,34,36). The Morgan fingerprint density at radius 3 is 2.50 bits per heavy atom. The second-order valence-electron chi connectivity index (χ2n) is 13.9. The summed E-state index contributed by atoms with van der Waals surface area (Å²) in [5.41, 5.74) is -0.585. The predicted octanol–water partition coefficient (Wildman–Crippen LogP) is 5.41. The van der Waals surface area contributed by atoms with E-state index < -0.39 is 22.5 Å². The molecule has 1 amide bonds. The molecule has 200 valence electrons. The van der Waals surface area contributed by atoms with Crippen LogP contribution in [0.25, 0.3) is 0 Å². The third kappa shape index (κ3) is 2.67. The van der Waals surface area contributed by atoms with Gasteiger partial charge in [-0.1, -0.05) is 64.1 Å². The van der Waals surface area contributed by atoms with Gasteiger partial charge in [-0.2, -0.15) is 0 Å². The molecule has 1 N–H and O–H groups in total. The lowest BCUT2D eigenvalue weighted by Crippen LogP contribution is -2.53. The lowest BCUT2D eigenvalue weighted by atomic mass is 9.53. The van der Waals surface area contributed by atoms with E-state index in [2.05, 4.69) is 59.2 Å². The molecule has 11 atom stereocenters. The number of carbonyl (C=O) groups excluding carboxylic acids is 2. The van der Waals surface area contributed by atoms with Gasteiger partial charge >= 0.3 is 0 Å². The zero-order valence-electron chi connectivity index (χ0n) is 23.2. The molecule has 2 bridgehead atoms. The number of benzene rings is 1. The molecule has 5 heteroatoms. The molecule has 0 radical (unpaired) electrons. The number of rotatable bonds is 1. The topological polar surface area (TPSA) is 67.9 Å². The van der Waals surface area contributed by atoms with Crippen molar-refractivity contribution >= 4 is 11.7 Å². The molecule has 2 saturated carbocycles. The van der Waals surface area contributed by atoms with Crippen molar-refractivity contribution in [1.29, 1.82) is 0 Å². The Hall–Kier alpha value is -2.66. The minimum absolute atomic E-state index is 0.00589. The van der Waals surface area contributed by atoms with Crippen LogP contribution in [0.3, 0.4) is 0 Å².